The fourth-order valence-corrected chi connectivity index (χ4v) is 3.89. The Hall–Kier alpha value is -2.01. The molecule has 2 aromatic carbocycles. The topological polar surface area (TPSA) is 46.9 Å². The van der Waals surface area contributed by atoms with Crippen LogP contribution < -0.4 is 5.32 Å². The third-order valence-electron chi connectivity index (χ3n) is 4.61. The van der Waals surface area contributed by atoms with Gasteiger partial charge in [-0.05, 0) is 49.1 Å². The zero-order chi connectivity index (χ0) is 20.4. The second-order valence-electron chi connectivity index (χ2n) is 6.56. The van der Waals surface area contributed by atoms with E-state index < -0.39 is 0 Å². The molecule has 0 radical (unpaired) electrons. The van der Waals surface area contributed by atoms with Crippen molar-refractivity contribution >= 4 is 46.4 Å². The van der Waals surface area contributed by atoms with Gasteiger partial charge < -0.3 is 5.32 Å². The average molecular weight is 437 g/mol. The molecule has 0 aliphatic heterocycles. The normalized spacial score (nSPS) is 10.9. The number of nitrogens with zero attached hydrogens (tertiary/aromatic N) is 2. The van der Waals surface area contributed by atoms with Crippen molar-refractivity contribution < 1.29 is 4.79 Å². The summed E-state index contributed by atoms with van der Waals surface area (Å²) in [6, 6.07) is 11.2. The Morgan fingerprint density at radius 3 is 2.54 bits per heavy atom. The van der Waals surface area contributed by atoms with E-state index in [-0.39, 0.29) is 11.1 Å². The SMILES string of the molecule is CCc1cccc(C)c1NC(=O)c1c(C)nn(Cc2ccc(Cl)cc2Cl)c1Cl. The molecule has 1 amide bonds. The molecule has 0 aliphatic carbocycles. The number of carbonyl (C=O) groups excluding carboxylic acids is 1. The van der Waals surface area contributed by atoms with E-state index in [1.54, 1.807) is 23.7 Å². The van der Waals surface area contributed by atoms with E-state index in [2.05, 4.69) is 17.3 Å². The van der Waals surface area contributed by atoms with Gasteiger partial charge in [0.2, 0.25) is 0 Å². The molecule has 1 aromatic heterocycles. The molecule has 0 unspecified atom stereocenters. The summed E-state index contributed by atoms with van der Waals surface area (Å²) in [6.07, 6.45) is 0.818. The van der Waals surface area contributed by atoms with E-state index in [9.17, 15) is 4.79 Å². The van der Waals surface area contributed by atoms with Crippen molar-refractivity contribution in [1.82, 2.24) is 9.78 Å². The molecule has 0 bridgehead atoms. The molecule has 7 heteroatoms. The molecule has 1 N–H and O–H groups in total. The quantitative estimate of drug-likeness (QED) is 0.508. The van der Waals surface area contributed by atoms with Crippen LogP contribution in [0.1, 0.15) is 39.7 Å². The van der Waals surface area contributed by atoms with Gasteiger partial charge in [0.05, 0.1) is 17.8 Å². The van der Waals surface area contributed by atoms with Crippen LogP contribution in [-0.2, 0) is 13.0 Å². The van der Waals surface area contributed by atoms with Gasteiger partial charge in [0.1, 0.15) is 5.15 Å². The molecule has 0 spiro atoms. The fraction of sp³-hybridized carbons (Fsp3) is 0.238. The number of benzene rings is 2. The third-order valence-corrected chi connectivity index (χ3v) is 5.58. The fourth-order valence-electron chi connectivity index (χ4n) is 3.11. The van der Waals surface area contributed by atoms with Gasteiger partial charge in [-0.15, -0.1) is 0 Å². The first-order valence-electron chi connectivity index (χ1n) is 8.88. The smallest absolute Gasteiger partial charge is 0.260 e. The van der Waals surface area contributed by atoms with Crippen molar-refractivity contribution in [3.05, 3.63) is 79.5 Å². The van der Waals surface area contributed by atoms with Crippen molar-refractivity contribution in [2.75, 3.05) is 5.32 Å². The number of halogens is 3. The van der Waals surface area contributed by atoms with Crippen LogP contribution >= 0.6 is 34.8 Å². The van der Waals surface area contributed by atoms with Crippen LogP contribution in [0, 0.1) is 13.8 Å². The van der Waals surface area contributed by atoms with Gasteiger partial charge in [-0.1, -0.05) is 66.0 Å². The molecule has 3 rings (SSSR count). The van der Waals surface area contributed by atoms with E-state index in [0.29, 0.717) is 27.8 Å². The predicted molar refractivity (Wildman–Crippen MR) is 116 cm³/mol. The maximum atomic E-state index is 13.0. The second kappa shape index (κ2) is 8.56. The molecule has 0 fully saturated rings. The minimum atomic E-state index is -0.278. The summed E-state index contributed by atoms with van der Waals surface area (Å²) in [5.74, 6) is -0.278. The van der Waals surface area contributed by atoms with E-state index in [0.717, 1.165) is 28.8 Å². The monoisotopic (exact) mass is 435 g/mol. The number of aromatic nitrogens is 2. The maximum Gasteiger partial charge on any atom is 0.260 e. The maximum absolute atomic E-state index is 13.0. The molecule has 28 heavy (non-hydrogen) atoms. The predicted octanol–water partition coefficient (Wildman–Crippen LogP) is 6.32. The summed E-state index contributed by atoms with van der Waals surface area (Å²) in [7, 11) is 0. The number of amides is 1. The van der Waals surface area contributed by atoms with Crippen LogP contribution in [0.2, 0.25) is 15.2 Å². The number of para-hydroxylation sites is 1. The Morgan fingerprint density at radius 2 is 1.86 bits per heavy atom. The summed E-state index contributed by atoms with van der Waals surface area (Å²) in [5.41, 5.74) is 4.62. The van der Waals surface area contributed by atoms with Crippen LogP contribution in [0.4, 0.5) is 5.69 Å². The Labute approximate surface area is 179 Å². The Morgan fingerprint density at radius 1 is 1.11 bits per heavy atom. The Kier molecular flexibility index (Phi) is 6.33. The van der Waals surface area contributed by atoms with Crippen molar-refractivity contribution in [3.63, 3.8) is 0 Å². The van der Waals surface area contributed by atoms with Gasteiger partial charge in [0, 0.05) is 15.7 Å². The zero-order valence-corrected chi connectivity index (χ0v) is 18.1. The van der Waals surface area contributed by atoms with Crippen LogP contribution in [0.15, 0.2) is 36.4 Å². The number of hydrogen-bond donors (Lipinski definition) is 1. The highest BCUT2D eigenvalue weighted by Gasteiger charge is 2.22. The highest BCUT2D eigenvalue weighted by molar-refractivity contribution is 6.35. The molecule has 146 valence electrons. The van der Waals surface area contributed by atoms with Crippen molar-refractivity contribution in [2.45, 2.75) is 33.7 Å². The molecule has 3 aromatic rings. The highest BCUT2D eigenvalue weighted by atomic mass is 35.5. The van der Waals surface area contributed by atoms with Crippen LogP contribution in [0.3, 0.4) is 0 Å². The molecular formula is C21H20Cl3N3O. The van der Waals surface area contributed by atoms with Gasteiger partial charge in [-0.2, -0.15) is 5.10 Å². The van der Waals surface area contributed by atoms with E-state index >= 15 is 0 Å². The largest absolute Gasteiger partial charge is 0.321 e. The molecule has 4 nitrogen and oxygen atoms in total. The molecule has 0 saturated heterocycles. The zero-order valence-electron chi connectivity index (χ0n) is 15.8. The lowest BCUT2D eigenvalue weighted by molar-refractivity contribution is 0.102. The molecule has 0 aliphatic rings. The lowest BCUT2D eigenvalue weighted by Gasteiger charge is -2.13. The highest BCUT2D eigenvalue weighted by Crippen LogP contribution is 2.27. The van der Waals surface area contributed by atoms with E-state index in [4.69, 9.17) is 34.8 Å². The summed E-state index contributed by atoms with van der Waals surface area (Å²) in [4.78, 5) is 13.0. The van der Waals surface area contributed by atoms with Gasteiger partial charge in [0.25, 0.3) is 5.91 Å². The van der Waals surface area contributed by atoms with Gasteiger partial charge in [0.15, 0.2) is 0 Å². The molecule has 0 saturated carbocycles. The molecule has 0 atom stereocenters. The van der Waals surface area contributed by atoms with Crippen LogP contribution in [-0.4, -0.2) is 15.7 Å². The Balaban J connectivity index is 1.90. The second-order valence-corrected chi connectivity index (χ2v) is 7.76. The number of anilines is 1. The van der Waals surface area contributed by atoms with Crippen molar-refractivity contribution in [2.24, 2.45) is 0 Å². The first-order chi connectivity index (χ1) is 13.3. The summed E-state index contributed by atoms with van der Waals surface area (Å²) < 4.78 is 1.57. The minimum Gasteiger partial charge on any atom is -0.321 e. The Bertz CT molecular complexity index is 1040. The van der Waals surface area contributed by atoms with Gasteiger partial charge in [-0.25, -0.2) is 4.68 Å². The summed E-state index contributed by atoms with van der Waals surface area (Å²) in [6.45, 7) is 6.12. The lowest BCUT2D eigenvalue weighted by Crippen LogP contribution is -2.15. The molecule has 1 heterocycles. The van der Waals surface area contributed by atoms with E-state index in [1.807, 2.05) is 31.2 Å². The number of nitrogens with one attached hydrogen (secondary N) is 1. The molecular weight excluding hydrogens is 417 g/mol. The number of hydrogen-bond acceptors (Lipinski definition) is 2. The average Bonchev–Trinajstić information content (AvgIpc) is 2.92. The van der Waals surface area contributed by atoms with Crippen molar-refractivity contribution in [1.29, 1.82) is 0 Å². The minimum absolute atomic E-state index is 0.271. The van der Waals surface area contributed by atoms with E-state index in [1.165, 1.54) is 0 Å². The number of rotatable bonds is 5. The summed E-state index contributed by atoms with van der Waals surface area (Å²) >= 11 is 18.7. The standard InChI is InChI=1S/C21H20Cl3N3O/c1-4-14-7-5-6-12(2)19(14)25-21(28)18-13(3)26-27(20(18)24)11-15-8-9-16(22)10-17(15)23/h5-10H,4,11H2,1-3H3,(H,25,28). The van der Waals surface area contributed by atoms with Gasteiger partial charge >= 0.3 is 0 Å². The van der Waals surface area contributed by atoms with Crippen LogP contribution in [0.5, 0.6) is 0 Å². The van der Waals surface area contributed by atoms with Crippen LogP contribution in [0.25, 0.3) is 0 Å². The van der Waals surface area contributed by atoms with Crippen molar-refractivity contribution in [3.8, 4) is 0 Å². The number of carbonyl (C=O) groups is 1. The third kappa shape index (κ3) is 4.19. The van der Waals surface area contributed by atoms with Gasteiger partial charge in [-0.3, -0.25) is 4.79 Å². The first-order valence-corrected chi connectivity index (χ1v) is 10.0. The summed E-state index contributed by atoms with van der Waals surface area (Å²) in [5, 5.41) is 8.78. The number of aryl methyl sites for hydroxylation is 3. The first kappa shape index (κ1) is 20.7. The lowest BCUT2D eigenvalue weighted by atomic mass is 10.1.